The maximum atomic E-state index is 8.71. The van der Waals surface area contributed by atoms with Gasteiger partial charge in [-0.05, 0) is 62.2 Å². The number of para-hydroxylation sites is 1. The first-order valence-electron chi connectivity index (χ1n) is 10.4. The fourth-order valence-electron chi connectivity index (χ4n) is 3.88. The lowest BCUT2D eigenvalue weighted by atomic mass is 10.0. The molecule has 1 saturated carbocycles. The van der Waals surface area contributed by atoms with Crippen LogP contribution in [0.1, 0.15) is 37.3 Å². The van der Waals surface area contributed by atoms with Crippen LogP contribution in [0, 0.1) is 5.41 Å². The monoisotopic (exact) mass is 401 g/mol. The zero-order valence-electron chi connectivity index (χ0n) is 17.1. The van der Waals surface area contributed by atoms with Gasteiger partial charge < -0.3 is 15.4 Å². The summed E-state index contributed by atoms with van der Waals surface area (Å²) in [6.45, 7) is 3.13. The van der Waals surface area contributed by atoms with Gasteiger partial charge in [0.2, 0.25) is 0 Å². The summed E-state index contributed by atoms with van der Waals surface area (Å²) in [4.78, 5) is 8.58. The van der Waals surface area contributed by atoms with Crippen LogP contribution in [0.25, 0.3) is 0 Å². The van der Waals surface area contributed by atoms with Crippen LogP contribution >= 0.6 is 0 Å². The van der Waals surface area contributed by atoms with Crippen molar-refractivity contribution < 1.29 is 4.74 Å². The zero-order valence-corrected chi connectivity index (χ0v) is 17.1. The molecular formula is C24H27N5O. The summed E-state index contributed by atoms with van der Waals surface area (Å²) >= 11 is 0. The molecular weight excluding hydrogens is 374 g/mol. The highest BCUT2D eigenvalue weighted by molar-refractivity contribution is 6.13. The highest BCUT2D eigenvalue weighted by Gasteiger charge is 2.25. The maximum Gasteiger partial charge on any atom is 0.139 e. The van der Waals surface area contributed by atoms with Crippen molar-refractivity contribution in [1.82, 2.24) is 15.3 Å². The van der Waals surface area contributed by atoms with E-state index in [2.05, 4.69) is 27.5 Å². The molecule has 3 N–H and O–H groups in total. The Morgan fingerprint density at radius 2 is 1.77 bits per heavy atom. The third kappa shape index (κ3) is 4.83. The van der Waals surface area contributed by atoms with E-state index in [0.29, 0.717) is 23.4 Å². The van der Waals surface area contributed by atoms with E-state index in [1.807, 2.05) is 54.6 Å². The quantitative estimate of drug-likeness (QED) is 0.480. The number of rotatable bonds is 8. The molecule has 2 aromatic carbocycles. The first-order valence-corrected chi connectivity index (χ1v) is 10.4. The van der Waals surface area contributed by atoms with Gasteiger partial charge in [-0.15, -0.1) is 0 Å². The average molecular weight is 402 g/mol. The second-order valence-electron chi connectivity index (χ2n) is 7.51. The molecule has 0 bridgehead atoms. The summed E-state index contributed by atoms with van der Waals surface area (Å²) in [6, 6.07) is 18.1. The summed E-state index contributed by atoms with van der Waals surface area (Å²) in [5, 5.41) is 15.8. The second kappa shape index (κ2) is 9.50. The van der Waals surface area contributed by atoms with E-state index < -0.39 is 0 Å². The molecule has 6 heteroatoms. The number of anilines is 1. The molecule has 0 aliphatic heterocycles. The largest absolute Gasteiger partial charge is 0.457 e. The van der Waals surface area contributed by atoms with Crippen molar-refractivity contribution in [2.45, 2.75) is 38.3 Å². The molecule has 2 atom stereocenters. The lowest BCUT2D eigenvalue weighted by Gasteiger charge is -2.17. The van der Waals surface area contributed by atoms with Crippen molar-refractivity contribution in [2.24, 2.45) is 0 Å². The summed E-state index contributed by atoms with van der Waals surface area (Å²) in [6.07, 6.45) is 6.57. The van der Waals surface area contributed by atoms with Gasteiger partial charge in [-0.1, -0.05) is 25.1 Å². The molecule has 1 heterocycles. The first-order chi connectivity index (χ1) is 14.7. The molecule has 0 saturated heterocycles. The van der Waals surface area contributed by atoms with Crippen LogP contribution in [0.5, 0.6) is 11.5 Å². The van der Waals surface area contributed by atoms with Gasteiger partial charge in [-0.3, -0.25) is 5.41 Å². The molecule has 0 radical (unpaired) electrons. The van der Waals surface area contributed by atoms with Gasteiger partial charge >= 0.3 is 0 Å². The predicted octanol–water partition coefficient (Wildman–Crippen LogP) is 4.63. The topological polar surface area (TPSA) is 82.9 Å². The Balaban J connectivity index is 1.46. The molecule has 0 amide bonds. The molecule has 3 aromatic rings. The molecule has 4 rings (SSSR count). The minimum atomic E-state index is 0.358. The minimum absolute atomic E-state index is 0.358. The Labute approximate surface area is 177 Å². The van der Waals surface area contributed by atoms with E-state index in [9.17, 15) is 0 Å². The Morgan fingerprint density at radius 3 is 2.53 bits per heavy atom. The van der Waals surface area contributed by atoms with Crippen LogP contribution in [0.3, 0.4) is 0 Å². The predicted molar refractivity (Wildman–Crippen MR) is 120 cm³/mol. The number of nitrogens with one attached hydrogen (secondary N) is 3. The SMILES string of the molecule is CCNC1CCC(Nc2ncncc2C(=N)c2ccc(Oc3ccccc3)cc2)C1. The Bertz CT molecular complexity index is 974. The number of hydrogen-bond acceptors (Lipinski definition) is 6. The smallest absolute Gasteiger partial charge is 0.139 e. The van der Waals surface area contributed by atoms with Gasteiger partial charge in [-0.2, -0.15) is 0 Å². The third-order valence-corrected chi connectivity index (χ3v) is 5.37. The Kier molecular flexibility index (Phi) is 6.35. The molecule has 2 unspecified atom stereocenters. The standard InChI is InChI=1S/C24H27N5O/c1-2-27-18-10-11-19(14-18)29-24-22(15-26-16-28-24)23(25)17-8-12-21(13-9-17)30-20-6-4-3-5-7-20/h3-9,12-13,15-16,18-19,25,27H,2,10-11,14H2,1H3,(H,26,28,29). The third-order valence-electron chi connectivity index (χ3n) is 5.37. The van der Waals surface area contributed by atoms with E-state index in [-0.39, 0.29) is 0 Å². The average Bonchev–Trinajstić information content (AvgIpc) is 3.22. The lowest BCUT2D eigenvalue weighted by molar-refractivity contribution is 0.482. The van der Waals surface area contributed by atoms with Crippen LogP contribution in [0.2, 0.25) is 0 Å². The molecule has 0 spiro atoms. The molecule has 1 aromatic heterocycles. The highest BCUT2D eigenvalue weighted by atomic mass is 16.5. The van der Waals surface area contributed by atoms with Crippen LogP contribution in [-0.4, -0.2) is 34.3 Å². The van der Waals surface area contributed by atoms with E-state index in [1.54, 1.807) is 6.20 Å². The van der Waals surface area contributed by atoms with Gasteiger partial charge in [0, 0.05) is 23.8 Å². The molecule has 154 valence electrons. The molecule has 6 nitrogen and oxygen atoms in total. The number of aromatic nitrogens is 2. The zero-order chi connectivity index (χ0) is 20.8. The van der Waals surface area contributed by atoms with Gasteiger partial charge in [0.15, 0.2) is 0 Å². The fraction of sp³-hybridized carbons (Fsp3) is 0.292. The minimum Gasteiger partial charge on any atom is -0.457 e. The normalized spacial score (nSPS) is 18.2. The van der Waals surface area contributed by atoms with Crippen LogP contribution in [0.4, 0.5) is 5.82 Å². The summed E-state index contributed by atoms with van der Waals surface area (Å²) in [5.74, 6) is 2.25. The summed E-state index contributed by atoms with van der Waals surface area (Å²) < 4.78 is 5.85. The molecule has 30 heavy (non-hydrogen) atoms. The van der Waals surface area contributed by atoms with Crippen LogP contribution in [0.15, 0.2) is 67.1 Å². The number of ether oxygens (including phenoxy) is 1. The summed E-state index contributed by atoms with van der Waals surface area (Å²) in [5.41, 5.74) is 1.90. The summed E-state index contributed by atoms with van der Waals surface area (Å²) in [7, 11) is 0. The number of nitrogens with zero attached hydrogens (tertiary/aromatic N) is 2. The van der Waals surface area contributed by atoms with Crippen molar-refractivity contribution in [3.63, 3.8) is 0 Å². The highest BCUT2D eigenvalue weighted by Crippen LogP contribution is 2.26. The van der Waals surface area contributed by atoms with Crippen molar-refractivity contribution in [3.8, 4) is 11.5 Å². The molecule has 1 aliphatic carbocycles. The van der Waals surface area contributed by atoms with Crippen molar-refractivity contribution >= 4 is 11.5 Å². The number of hydrogen-bond donors (Lipinski definition) is 3. The van der Waals surface area contributed by atoms with E-state index in [1.165, 1.54) is 6.33 Å². The Morgan fingerprint density at radius 1 is 1.03 bits per heavy atom. The van der Waals surface area contributed by atoms with Gasteiger partial charge in [-0.25, -0.2) is 9.97 Å². The van der Waals surface area contributed by atoms with Crippen LogP contribution < -0.4 is 15.4 Å². The maximum absolute atomic E-state index is 8.71. The fourth-order valence-corrected chi connectivity index (χ4v) is 3.88. The first kappa shape index (κ1) is 20.0. The Hall–Kier alpha value is -3.25. The van der Waals surface area contributed by atoms with E-state index in [4.69, 9.17) is 10.1 Å². The van der Waals surface area contributed by atoms with Gasteiger partial charge in [0.1, 0.15) is 23.6 Å². The van der Waals surface area contributed by atoms with Crippen molar-refractivity contribution in [1.29, 1.82) is 5.41 Å². The van der Waals surface area contributed by atoms with Crippen molar-refractivity contribution in [3.05, 3.63) is 78.2 Å². The van der Waals surface area contributed by atoms with Gasteiger partial charge in [0.25, 0.3) is 0 Å². The van der Waals surface area contributed by atoms with E-state index >= 15 is 0 Å². The van der Waals surface area contributed by atoms with Crippen molar-refractivity contribution in [2.75, 3.05) is 11.9 Å². The number of benzene rings is 2. The molecule has 1 aliphatic rings. The van der Waals surface area contributed by atoms with E-state index in [0.717, 1.165) is 48.7 Å². The van der Waals surface area contributed by atoms with Gasteiger partial charge in [0.05, 0.1) is 11.3 Å². The second-order valence-corrected chi connectivity index (χ2v) is 7.51. The molecule has 1 fully saturated rings. The van der Waals surface area contributed by atoms with Crippen LogP contribution in [-0.2, 0) is 0 Å². The lowest BCUT2D eigenvalue weighted by Crippen LogP contribution is -2.28.